The molecular weight excluding hydrogens is 306 g/mol. The summed E-state index contributed by atoms with van der Waals surface area (Å²) in [5.74, 6) is -1.01. The summed E-state index contributed by atoms with van der Waals surface area (Å²) in [7, 11) is 0. The van der Waals surface area contributed by atoms with Crippen LogP contribution in [-0.4, -0.2) is 27.0 Å². The summed E-state index contributed by atoms with van der Waals surface area (Å²) >= 11 is 3.09. The van der Waals surface area contributed by atoms with Crippen LogP contribution in [0.15, 0.2) is 16.7 Å². The van der Waals surface area contributed by atoms with Crippen LogP contribution in [0.4, 0.5) is 11.5 Å². The highest BCUT2D eigenvalue weighted by Crippen LogP contribution is 2.35. The van der Waals surface area contributed by atoms with Crippen molar-refractivity contribution in [2.45, 2.75) is 18.9 Å². The molecule has 0 spiro atoms. The first-order chi connectivity index (χ1) is 8.49. The van der Waals surface area contributed by atoms with Gasteiger partial charge in [0.05, 0.1) is 4.92 Å². The molecule has 1 fully saturated rings. The Morgan fingerprint density at radius 2 is 2.33 bits per heavy atom. The van der Waals surface area contributed by atoms with Crippen molar-refractivity contribution in [2.24, 2.45) is 5.92 Å². The van der Waals surface area contributed by atoms with Gasteiger partial charge in [0.1, 0.15) is 6.04 Å². The average Bonchev–Trinajstić information content (AvgIpc) is 3.10. The number of rotatable bonds is 5. The molecule has 0 bridgehead atoms. The lowest BCUT2D eigenvalue weighted by Crippen LogP contribution is -2.32. The van der Waals surface area contributed by atoms with Gasteiger partial charge < -0.3 is 10.4 Å². The molecule has 0 aliphatic heterocycles. The number of nitro groups is 1. The maximum atomic E-state index is 11.1. The van der Waals surface area contributed by atoms with E-state index < -0.39 is 16.9 Å². The lowest BCUT2D eigenvalue weighted by Gasteiger charge is -2.13. The molecule has 1 aliphatic rings. The van der Waals surface area contributed by atoms with E-state index in [0.717, 1.165) is 12.8 Å². The van der Waals surface area contributed by atoms with E-state index in [0.29, 0.717) is 4.47 Å². The first-order valence-electron chi connectivity index (χ1n) is 5.28. The molecule has 2 rings (SSSR count). The van der Waals surface area contributed by atoms with Gasteiger partial charge in [-0.3, -0.25) is 10.1 Å². The van der Waals surface area contributed by atoms with Gasteiger partial charge in [0, 0.05) is 16.7 Å². The second-order valence-electron chi connectivity index (χ2n) is 4.08. The van der Waals surface area contributed by atoms with Gasteiger partial charge in [-0.2, -0.15) is 0 Å². The molecule has 2 N–H and O–H groups in total. The number of aromatic nitrogens is 1. The molecule has 18 heavy (non-hydrogen) atoms. The van der Waals surface area contributed by atoms with Crippen LogP contribution in [0.25, 0.3) is 0 Å². The van der Waals surface area contributed by atoms with Crippen molar-refractivity contribution in [2.75, 3.05) is 5.32 Å². The molecule has 0 amide bonds. The van der Waals surface area contributed by atoms with Gasteiger partial charge in [0.25, 0.3) is 0 Å². The van der Waals surface area contributed by atoms with E-state index in [1.165, 1.54) is 12.3 Å². The van der Waals surface area contributed by atoms with Crippen LogP contribution in [0, 0.1) is 16.0 Å². The van der Waals surface area contributed by atoms with E-state index in [2.05, 4.69) is 26.2 Å². The maximum absolute atomic E-state index is 11.1. The predicted octanol–water partition coefficient (Wildman–Crippen LogP) is 2.03. The normalized spacial score (nSPS) is 16.1. The maximum Gasteiger partial charge on any atom is 0.326 e. The third-order valence-corrected chi connectivity index (χ3v) is 3.12. The Labute approximate surface area is 110 Å². The third kappa shape index (κ3) is 2.76. The second kappa shape index (κ2) is 4.89. The number of nitrogens with one attached hydrogen (secondary N) is 1. The molecular formula is C10H10BrN3O4. The van der Waals surface area contributed by atoms with E-state index in [1.807, 2.05) is 0 Å². The summed E-state index contributed by atoms with van der Waals surface area (Å²) < 4.78 is 0.470. The fourth-order valence-electron chi connectivity index (χ4n) is 1.64. The molecule has 1 unspecified atom stereocenters. The summed E-state index contributed by atoms with van der Waals surface area (Å²) in [5.41, 5.74) is -0.240. The van der Waals surface area contributed by atoms with Gasteiger partial charge in [-0.1, -0.05) is 0 Å². The number of hydrogen-bond donors (Lipinski definition) is 2. The highest BCUT2D eigenvalue weighted by molar-refractivity contribution is 9.10. The number of pyridine rings is 1. The summed E-state index contributed by atoms with van der Waals surface area (Å²) in [5, 5.41) is 22.6. The Morgan fingerprint density at radius 3 is 2.83 bits per heavy atom. The Hall–Kier alpha value is -1.70. The summed E-state index contributed by atoms with van der Waals surface area (Å²) in [6.07, 6.45) is 3.02. The molecule has 1 aliphatic carbocycles. The summed E-state index contributed by atoms with van der Waals surface area (Å²) in [6, 6.07) is 0.471. The minimum atomic E-state index is -1.02. The topological polar surface area (TPSA) is 105 Å². The smallest absolute Gasteiger partial charge is 0.326 e. The zero-order chi connectivity index (χ0) is 13.3. The SMILES string of the molecule is O=C(O)C(Nc1ncc(Br)cc1[N+](=O)[O-])C1CC1. The van der Waals surface area contributed by atoms with Crippen molar-refractivity contribution < 1.29 is 14.8 Å². The quantitative estimate of drug-likeness (QED) is 0.636. The molecule has 0 radical (unpaired) electrons. The van der Waals surface area contributed by atoms with Crippen LogP contribution in [0.1, 0.15) is 12.8 Å². The third-order valence-electron chi connectivity index (χ3n) is 2.68. The van der Waals surface area contributed by atoms with Gasteiger partial charge in [0.15, 0.2) is 0 Å². The number of aliphatic carboxylic acids is 1. The molecule has 1 aromatic heterocycles. The largest absolute Gasteiger partial charge is 0.480 e. The number of halogens is 1. The minimum Gasteiger partial charge on any atom is -0.480 e. The van der Waals surface area contributed by atoms with Gasteiger partial charge in [0.2, 0.25) is 5.82 Å². The van der Waals surface area contributed by atoms with Crippen LogP contribution >= 0.6 is 15.9 Å². The van der Waals surface area contributed by atoms with E-state index in [-0.39, 0.29) is 17.4 Å². The zero-order valence-electron chi connectivity index (χ0n) is 9.17. The Kier molecular flexibility index (Phi) is 3.46. The lowest BCUT2D eigenvalue weighted by molar-refractivity contribution is -0.384. The molecule has 96 valence electrons. The van der Waals surface area contributed by atoms with Crippen molar-refractivity contribution in [1.29, 1.82) is 0 Å². The molecule has 1 saturated carbocycles. The van der Waals surface area contributed by atoms with Crippen LogP contribution < -0.4 is 5.32 Å². The fraction of sp³-hybridized carbons (Fsp3) is 0.400. The van der Waals surface area contributed by atoms with Gasteiger partial charge in [-0.15, -0.1) is 0 Å². The van der Waals surface area contributed by atoms with Crippen molar-refractivity contribution in [3.05, 3.63) is 26.9 Å². The molecule has 1 heterocycles. The lowest BCUT2D eigenvalue weighted by atomic mass is 10.2. The first-order valence-corrected chi connectivity index (χ1v) is 6.07. The number of anilines is 1. The van der Waals surface area contributed by atoms with Crippen molar-refractivity contribution >= 4 is 33.4 Å². The molecule has 8 heteroatoms. The second-order valence-corrected chi connectivity index (χ2v) is 4.99. The van der Waals surface area contributed by atoms with E-state index in [9.17, 15) is 14.9 Å². The highest BCUT2D eigenvalue weighted by atomic mass is 79.9. The standard InChI is InChI=1S/C10H10BrN3O4/c11-6-3-7(14(17)18)9(12-4-6)13-8(10(15)16)5-1-2-5/h3-5,8H,1-2H2,(H,12,13)(H,15,16). The fourth-order valence-corrected chi connectivity index (χ4v) is 1.96. The number of nitrogens with zero attached hydrogens (tertiary/aromatic N) is 2. The first kappa shape index (κ1) is 12.7. The minimum absolute atomic E-state index is 0.0116. The Morgan fingerprint density at radius 1 is 1.67 bits per heavy atom. The number of carbonyl (C=O) groups is 1. The van der Waals surface area contributed by atoms with Crippen LogP contribution in [0.5, 0.6) is 0 Å². The van der Waals surface area contributed by atoms with E-state index >= 15 is 0 Å². The van der Waals surface area contributed by atoms with Gasteiger partial charge in [-0.05, 0) is 34.7 Å². The average molecular weight is 316 g/mol. The van der Waals surface area contributed by atoms with Crippen molar-refractivity contribution in [3.8, 4) is 0 Å². The van der Waals surface area contributed by atoms with Crippen molar-refractivity contribution in [1.82, 2.24) is 4.98 Å². The van der Waals surface area contributed by atoms with Crippen LogP contribution in [0.3, 0.4) is 0 Å². The molecule has 0 aromatic carbocycles. The van der Waals surface area contributed by atoms with Crippen LogP contribution in [-0.2, 0) is 4.79 Å². The number of carboxylic acid groups (broad SMARTS) is 1. The molecule has 1 atom stereocenters. The Bertz CT molecular complexity index is 504. The Balaban J connectivity index is 2.27. The summed E-state index contributed by atoms with van der Waals surface area (Å²) in [6.45, 7) is 0. The van der Waals surface area contributed by atoms with E-state index in [1.54, 1.807) is 0 Å². The predicted molar refractivity (Wildman–Crippen MR) is 66.4 cm³/mol. The van der Waals surface area contributed by atoms with Gasteiger partial charge in [-0.25, -0.2) is 9.78 Å². The van der Waals surface area contributed by atoms with Gasteiger partial charge >= 0.3 is 11.7 Å². The van der Waals surface area contributed by atoms with Crippen molar-refractivity contribution in [3.63, 3.8) is 0 Å². The molecule has 1 aromatic rings. The number of hydrogen-bond acceptors (Lipinski definition) is 5. The summed E-state index contributed by atoms with van der Waals surface area (Å²) in [4.78, 5) is 25.2. The van der Waals surface area contributed by atoms with E-state index in [4.69, 9.17) is 5.11 Å². The molecule has 0 saturated heterocycles. The van der Waals surface area contributed by atoms with Crippen LogP contribution in [0.2, 0.25) is 0 Å². The molecule has 7 nitrogen and oxygen atoms in total. The monoisotopic (exact) mass is 315 g/mol. The number of carboxylic acids is 1. The zero-order valence-corrected chi connectivity index (χ0v) is 10.8. The highest BCUT2D eigenvalue weighted by Gasteiger charge is 2.37.